The zero-order valence-corrected chi connectivity index (χ0v) is 19.4. The molecule has 180 valence electrons. The molecule has 1 aliphatic rings. The number of carbonyl (C=O) groups is 1. The standard InChI is InChI=1S/C25H23F2N5O3/c1-24(2,6-7-28)21-19(14-10-25(3,23(33)34)35-12-14)20-18(8-13-11-29-31-22(13)30-20)32(21)15-4-5-16(26)17(27)9-15/h4-5,8-9,11,14H,6,10,12H2,1-3H3,(H,33,34)(H,29,30,31)/t14?,25-/m0/s1. The van der Waals surface area contributed by atoms with Crippen molar-refractivity contribution in [2.45, 2.75) is 50.5 Å². The lowest BCUT2D eigenvalue weighted by Crippen LogP contribution is -2.34. The van der Waals surface area contributed by atoms with Crippen LogP contribution in [0.25, 0.3) is 27.8 Å². The van der Waals surface area contributed by atoms with Crippen LogP contribution in [0.15, 0.2) is 30.5 Å². The van der Waals surface area contributed by atoms with Gasteiger partial charge in [-0.1, -0.05) is 13.8 Å². The number of carboxylic acid groups (broad SMARTS) is 1. The van der Waals surface area contributed by atoms with E-state index in [2.05, 4.69) is 16.3 Å². The minimum atomic E-state index is -1.38. The number of aromatic nitrogens is 4. The zero-order valence-electron chi connectivity index (χ0n) is 19.4. The number of hydrogen-bond donors (Lipinski definition) is 2. The number of rotatable bonds is 5. The Labute approximate surface area is 199 Å². The van der Waals surface area contributed by atoms with E-state index in [0.29, 0.717) is 33.4 Å². The lowest BCUT2D eigenvalue weighted by molar-refractivity contribution is -0.157. The molecule has 0 amide bonds. The number of nitriles is 1. The number of fused-ring (bicyclic) bond motifs is 2. The van der Waals surface area contributed by atoms with Crippen molar-refractivity contribution in [1.82, 2.24) is 19.7 Å². The number of halogens is 2. The van der Waals surface area contributed by atoms with Gasteiger partial charge >= 0.3 is 5.97 Å². The average molecular weight is 479 g/mol. The van der Waals surface area contributed by atoms with Gasteiger partial charge in [0.15, 0.2) is 22.9 Å². The highest BCUT2D eigenvalue weighted by Crippen LogP contribution is 2.47. The lowest BCUT2D eigenvalue weighted by atomic mass is 9.79. The molecule has 2 N–H and O–H groups in total. The molecule has 1 fully saturated rings. The van der Waals surface area contributed by atoms with Crippen LogP contribution in [0.4, 0.5) is 8.78 Å². The molecule has 1 aliphatic heterocycles. The largest absolute Gasteiger partial charge is 0.479 e. The summed E-state index contributed by atoms with van der Waals surface area (Å²) in [6, 6.07) is 7.71. The molecule has 1 unspecified atom stereocenters. The molecule has 2 atom stereocenters. The molecule has 0 spiro atoms. The Morgan fingerprint density at radius 3 is 2.80 bits per heavy atom. The summed E-state index contributed by atoms with van der Waals surface area (Å²) < 4.78 is 35.8. The monoisotopic (exact) mass is 479 g/mol. The maximum absolute atomic E-state index is 14.4. The Kier molecular flexibility index (Phi) is 5.14. The first-order chi connectivity index (χ1) is 16.6. The molecular formula is C25H23F2N5O3. The number of carboxylic acids is 1. The molecule has 35 heavy (non-hydrogen) atoms. The second-order valence-corrected chi connectivity index (χ2v) is 9.83. The molecule has 0 bridgehead atoms. The number of benzene rings is 1. The van der Waals surface area contributed by atoms with E-state index in [-0.39, 0.29) is 25.4 Å². The lowest BCUT2D eigenvalue weighted by Gasteiger charge is -2.28. The SMILES string of the molecule is CC(C)(CC#N)c1c(C2CO[C@](C)(C(=O)O)C2)c2nc3[nH]ncc3cc2n1-c1ccc(F)c(F)c1. The Morgan fingerprint density at radius 2 is 2.14 bits per heavy atom. The third kappa shape index (κ3) is 3.54. The molecular weight excluding hydrogens is 456 g/mol. The van der Waals surface area contributed by atoms with Crippen LogP contribution in [-0.4, -0.2) is 43.0 Å². The predicted octanol–water partition coefficient (Wildman–Crippen LogP) is 4.72. The summed E-state index contributed by atoms with van der Waals surface area (Å²) in [5.41, 5.74) is 1.36. The molecule has 10 heteroatoms. The average Bonchev–Trinajstić information content (AvgIpc) is 3.50. The van der Waals surface area contributed by atoms with E-state index in [1.54, 1.807) is 10.8 Å². The van der Waals surface area contributed by atoms with Gasteiger partial charge in [0.25, 0.3) is 0 Å². The molecule has 0 radical (unpaired) electrons. The maximum Gasteiger partial charge on any atom is 0.335 e. The van der Waals surface area contributed by atoms with E-state index in [1.807, 2.05) is 19.9 Å². The highest BCUT2D eigenvalue weighted by molar-refractivity contribution is 5.94. The number of aliphatic carboxylic acids is 1. The van der Waals surface area contributed by atoms with Gasteiger partial charge in [-0.3, -0.25) is 5.10 Å². The van der Waals surface area contributed by atoms with Gasteiger partial charge in [-0.05, 0) is 31.5 Å². The van der Waals surface area contributed by atoms with Crippen molar-refractivity contribution in [3.05, 3.63) is 53.4 Å². The van der Waals surface area contributed by atoms with Crippen molar-refractivity contribution >= 4 is 28.0 Å². The summed E-state index contributed by atoms with van der Waals surface area (Å²) in [6.07, 6.45) is 1.94. The maximum atomic E-state index is 14.4. The van der Waals surface area contributed by atoms with Crippen LogP contribution in [0, 0.1) is 23.0 Å². The van der Waals surface area contributed by atoms with Crippen LogP contribution in [-0.2, 0) is 14.9 Å². The van der Waals surface area contributed by atoms with Gasteiger partial charge in [-0.15, -0.1) is 0 Å². The van der Waals surface area contributed by atoms with Gasteiger partial charge in [0.1, 0.15) is 0 Å². The van der Waals surface area contributed by atoms with Gasteiger partial charge in [0, 0.05) is 46.2 Å². The summed E-state index contributed by atoms with van der Waals surface area (Å²) in [4.78, 5) is 16.7. The second-order valence-electron chi connectivity index (χ2n) is 9.83. The number of ether oxygens (including phenoxy) is 1. The van der Waals surface area contributed by atoms with Crippen LogP contribution in [0.5, 0.6) is 0 Å². The molecule has 8 nitrogen and oxygen atoms in total. The van der Waals surface area contributed by atoms with Gasteiger partial charge in [-0.2, -0.15) is 10.4 Å². The fourth-order valence-corrected chi connectivity index (χ4v) is 5.02. The van der Waals surface area contributed by atoms with Gasteiger partial charge in [0.05, 0.1) is 29.9 Å². The Balaban J connectivity index is 1.89. The third-order valence-electron chi connectivity index (χ3n) is 6.80. The van der Waals surface area contributed by atoms with Crippen LogP contribution in [0.2, 0.25) is 0 Å². The first-order valence-corrected chi connectivity index (χ1v) is 11.1. The van der Waals surface area contributed by atoms with E-state index < -0.39 is 28.6 Å². The highest BCUT2D eigenvalue weighted by atomic mass is 19.2. The van der Waals surface area contributed by atoms with E-state index >= 15 is 0 Å². The molecule has 0 saturated carbocycles. The minimum Gasteiger partial charge on any atom is -0.479 e. The molecule has 3 aromatic heterocycles. The molecule has 5 rings (SSSR count). The fourth-order valence-electron chi connectivity index (χ4n) is 5.02. The number of nitrogens with one attached hydrogen (secondary N) is 1. The number of aromatic amines is 1. The van der Waals surface area contributed by atoms with Gasteiger partial charge in [0.2, 0.25) is 0 Å². The molecule has 1 saturated heterocycles. The Morgan fingerprint density at radius 1 is 1.37 bits per heavy atom. The molecule has 1 aromatic carbocycles. The van der Waals surface area contributed by atoms with E-state index in [0.717, 1.165) is 17.7 Å². The molecule has 0 aliphatic carbocycles. The van der Waals surface area contributed by atoms with Crippen molar-refractivity contribution in [3.63, 3.8) is 0 Å². The summed E-state index contributed by atoms with van der Waals surface area (Å²) in [7, 11) is 0. The summed E-state index contributed by atoms with van der Waals surface area (Å²) in [6.45, 7) is 5.45. The van der Waals surface area contributed by atoms with Crippen LogP contribution in [0.1, 0.15) is 50.8 Å². The summed E-state index contributed by atoms with van der Waals surface area (Å²) in [5.74, 6) is -3.40. The minimum absolute atomic E-state index is 0.128. The molecule has 4 heterocycles. The predicted molar refractivity (Wildman–Crippen MR) is 123 cm³/mol. The van der Waals surface area contributed by atoms with Crippen molar-refractivity contribution in [1.29, 1.82) is 5.26 Å². The summed E-state index contributed by atoms with van der Waals surface area (Å²) >= 11 is 0. The topological polar surface area (TPSA) is 117 Å². The number of pyridine rings is 1. The normalized spacial score (nSPS) is 20.5. The van der Waals surface area contributed by atoms with Gasteiger partial charge in [-0.25, -0.2) is 18.6 Å². The summed E-state index contributed by atoms with van der Waals surface area (Å²) in [5, 5.41) is 27.0. The smallest absolute Gasteiger partial charge is 0.335 e. The van der Waals surface area contributed by atoms with E-state index in [1.165, 1.54) is 13.0 Å². The second kappa shape index (κ2) is 7.85. The quantitative estimate of drug-likeness (QED) is 0.428. The molecule has 4 aromatic rings. The zero-order chi connectivity index (χ0) is 25.1. The van der Waals surface area contributed by atoms with E-state index in [9.17, 15) is 23.9 Å². The van der Waals surface area contributed by atoms with Crippen molar-refractivity contribution < 1.29 is 23.4 Å². The number of hydrogen-bond acceptors (Lipinski definition) is 5. The van der Waals surface area contributed by atoms with Crippen molar-refractivity contribution in [3.8, 4) is 11.8 Å². The van der Waals surface area contributed by atoms with Gasteiger partial charge < -0.3 is 14.4 Å². The number of H-pyrrole nitrogens is 1. The van der Waals surface area contributed by atoms with Crippen LogP contribution < -0.4 is 0 Å². The first-order valence-electron chi connectivity index (χ1n) is 11.1. The Bertz CT molecular complexity index is 1530. The van der Waals surface area contributed by atoms with E-state index in [4.69, 9.17) is 9.72 Å². The van der Waals surface area contributed by atoms with Crippen LogP contribution >= 0.6 is 0 Å². The third-order valence-corrected chi connectivity index (χ3v) is 6.80. The fraction of sp³-hybridized carbons (Fsp3) is 0.360. The first kappa shape index (κ1) is 22.9. The number of nitrogens with zero attached hydrogens (tertiary/aromatic N) is 4. The van der Waals surface area contributed by atoms with Crippen molar-refractivity contribution in [2.24, 2.45) is 0 Å². The van der Waals surface area contributed by atoms with Crippen LogP contribution in [0.3, 0.4) is 0 Å². The highest BCUT2D eigenvalue weighted by Gasteiger charge is 2.46. The van der Waals surface area contributed by atoms with Crippen molar-refractivity contribution in [2.75, 3.05) is 6.61 Å². The Hall–Kier alpha value is -3.84.